The molecule has 4 heterocycles. The van der Waals surface area contributed by atoms with Gasteiger partial charge < -0.3 is 25.0 Å². The predicted octanol–water partition coefficient (Wildman–Crippen LogP) is 3.58. The molecule has 0 aliphatic carbocycles. The fourth-order valence-electron chi connectivity index (χ4n) is 5.35. The number of carbonyl (C=O) groups excluding carboxylic acids is 1. The number of halogens is 1. The van der Waals surface area contributed by atoms with Crippen LogP contribution in [0.4, 0.5) is 16.4 Å². The highest BCUT2D eigenvalue weighted by molar-refractivity contribution is 6.29. The molecule has 2 fully saturated rings. The van der Waals surface area contributed by atoms with Crippen molar-refractivity contribution in [3.05, 3.63) is 56.6 Å². The maximum atomic E-state index is 13.5. The molecule has 1 amide bonds. The first kappa shape index (κ1) is 25.8. The maximum absolute atomic E-state index is 13.5. The average Bonchev–Trinajstić information content (AvgIpc) is 3.15. The average molecular weight is 541 g/mol. The van der Waals surface area contributed by atoms with Crippen molar-refractivity contribution in [2.75, 3.05) is 36.9 Å². The van der Waals surface area contributed by atoms with Gasteiger partial charge in [0.1, 0.15) is 10.8 Å². The van der Waals surface area contributed by atoms with E-state index >= 15 is 0 Å². The zero-order valence-corrected chi connectivity index (χ0v) is 22.4. The Morgan fingerprint density at radius 1 is 1.18 bits per heavy atom. The molecule has 2 N–H and O–H groups in total. The van der Waals surface area contributed by atoms with Crippen molar-refractivity contribution >= 4 is 46.2 Å². The van der Waals surface area contributed by atoms with Crippen molar-refractivity contribution in [1.29, 1.82) is 0 Å². The van der Waals surface area contributed by atoms with Gasteiger partial charge >= 0.3 is 12.1 Å². The molecule has 2 aromatic heterocycles. The van der Waals surface area contributed by atoms with Gasteiger partial charge in [-0.15, -0.1) is 0 Å². The number of aromatic nitrogens is 3. The van der Waals surface area contributed by atoms with E-state index in [9.17, 15) is 19.5 Å². The van der Waals surface area contributed by atoms with Gasteiger partial charge in [0, 0.05) is 45.6 Å². The molecule has 2 aliphatic rings. The Labute approximate surface area is 224 Å². The first-order valence-electron chi connectivity index (χ1n) is 12.3. The number of hydrogen-bond acceptors (Lipinski definition) is 8. The summed E-state index contributed by atoms with van der Waals surface area (Å²) in [5.74, 6) is -0.667. The highest BCUT2D eigenvalue weighted by atomic mass is 35.5. The van der Waals surface area contributed by atoms with Crippen molar-refractivity contribution < 1.29 is 19.4 Å². The number of aromatic carboxylic acids is 1. The highest BCUT2D eigenvalue weighted by Crippen LogP contribution is 2.34. The smallest absolute Gasteiger partial charge is 0.410 e. The number of carboxylic acid groups (broad SMARTS) is 1. The van der Waals surface area contributed by atoms with E-state index in [0.717, 1.165) is 11.1 Å². The van der Waals surface area contributed by atoms with Gasteiger partial charge in [0.05, 0.1) is 29.2 Å². The second-order valence-corrected chi connectivity index (χ2v) is 10.5. The number of piperidine rings is 1. The van der Waals surface area contributed by atoms with E-state index in [-0.39, 0.29) is 22.5 Å². The van der Waals surface area contributed by atoms with E-state index < -0.39 is 17.6 Å². The quantitative estimate of drug-likeness (QED) is 0.466. The number of rotatable bonds is 5. The third-order valence-corrected chi connectivity index (χ3v) is 7.54. The normalized spacial score (nSPS) is 17.7. The summed E-state index contributed by atoms with van der Waals surface area (Å²) in [6, 6.07) is 6.45. The molecular formula is C26H29ClN6O5. The molecule has 0 saturated carbocycles. The number of fused-ring (bicyclic) bond motifs is 1. The molecule has 11 nitrogen and oxygen atoms in total. The van der Waals surface area contributed by atoms with Crippen molar-refractivity contribution in [2.24, 2.45) is 7.05 Å². The Bertz CT molecular complexity index is 1510. The molecule has 0 unspecified atom stereocenters. The minimum atomic E-state index is -1.20. The molecule has 5 rings (SSSR count). The van der Waals surface area contributed by atoms with Gasteiger partial charge in [-0.1, -0.05) is 17.7 Å². The number of carboxylic acids is 1. The topological polar surface area (TPSA) is 130 Å². The van der Waals surface area contributed by atoms with Crippen LogP contribution in [0, 0.1) is 6.92 Å². The fourth-order valence-corrected chi connectivity index (χ4v) is 5.49. The van der Waals surface area contributed by atoms with Gasteiger partial charge in [0.15, 0.2) is 5.69 Å². The molecule has 0 radical (unpaired) electrons. The zero-order valence-electron chi connectivity index (χ0n) is 21.6. The van der Waals surface area contributed by atoms with Crippen LogP contribution >= 0.6 is 11.6 Å². The van der Waals surface area contributed by atoms with Crippen molar-refractivity contribution in [1.82, 2.24) is 19.4 Å². The lowest BCUT2D eigenvalue weighted by molar-refractivity contribution is 0.0363. The molecule has 2 aliphatic heterocycles. The Kier molecular flexibility index (Phi) is 6.42. The minimum Gasteiger partial charge on any atom is -0.476 e. The molecule has 1 atom stereocenters. The number of carbonyl (C=O) groups is 2. The number of benzene rings is 1. The van der Waals surface area contributed by atoms with Crippen LogP contribution in [0.25, 0.3) is 10.9 Å². The van der Waals surface area contributed by atoms with Gasteiger partial charge in [-0.2, -0.15) is 0 Å². The third-order valence-electron chi connectivity index (χ3n) is 7.33. The van der Waals surface area contributed by atoms with Crippen LogP contribution in [0.2, 0.25) is 5.15 Å². The first-order chi connectivity index (χ1) is 18.0. The number of likely N-dealkylation sites (N-methyl/N-ethyl adjacent to an activating group) is 1. The van der Waals surface area contributed by atoms with E-state index in [1.807, 2.05) is 30.9 Å². The molecule has 200 valence electrons. The number of anilines is 2. The second kappa shape index (κ2) is 9.46. The Morgan fingerprint density at radius 3 is 2.53 bits per heavy atom. The lowest BCUT2D eigenvalue weighted by Crippen LogP contribution is -2.48. The summed E-state index contributed by atoms with van der Waals surface area (Å²) < 4.78 is 7.23. The maximum Gasteiger partial charge on any atom is 0.410 e. The molecule has 2 saturated heterocycles. The van der Waals surface area contributed by atoms with Gasteiger partial charge in [-0.3, -0.25) is 9.36 Å². The molecule has 38 heavy (non-hydrogen) atoms. The standard InChI is InChI=1S/C26H29ClN6O5/c1-14-11-16(15(2)28-18-5-6-19(27)29-21(18)23(35)36)20-17(12-14)22(34)32(4)24(30-20)33-9-7-26(8-10-33)13-31(3)25(37)38-26/h5-6,11-12,15,28H,7-10,13H2,1-4H3,(H,35,36)/t15-/m1/s1. The summed E-state index contributed by atoms with van der Waals surface area (Å²) in [6.45, 7) is 5.50. The summed E-state index contributed by atoms with van der Waals surface area (Å²) in [4.78, 5) is 49.7. The lowest BCUT2D eigenvalue weighted by Gasteiger charge is -2.38. The zero-order chi connectivity index (χ0) is 27.4. The molecule has 1 aromatic carbocycles. The van der Waals surface area contributed by atoms with Crippen LogP contribution in [-0.2, 0) is 11.8 Å². The highest BCUT2D eigenvalue weighted by Gasteiger charge is 2.46. The lowest BCUT2D eigenvalue weighted by atomic mass is 9.91. The summed E-state index contributed by atoms with van der Waals surface area (Å²) in [6.07, 6.45) is 0.965. The number of hydrogen-bond donors (Lipinski definition) is 2. The van der Waals surface area contributed by atoms with Crippen molar-refractivity contribution in [3.8, 4) is 0 Å². The van der Waals surface area contributed by atoms with Crippen LogP contribution in [0.15, 0.2) is 29.1 Å². The van der Waals surface area contributed by atoms with Gasteiger partial charge in [-0.25, -0.2) is 19.6 Å². The number of ether oxygens (including phenoxy) is 1. The number of nitrogens with zero attached hydrogens (tertiary/aromatic N) is 5. The predicted molar refractivity (Wildman–Crippen MR) is 143 cm³/mol. The van der Waals surface area contributed by atoms with Gasteiger partial charge in [0.2, 0.25) is 5.95 Å². The number of amides is 1. The Hall–Kier alpha value is -3.86. The van der Waals surface area contributed by atoms with E-state index in [2.05, 4.69) is 10.3 Å². The number of pyridine rings is 1. The molecule has 3 aromatic rings. The van der Waals surface area contributed by atoms with Crippen LogP contribution in [0.5, 0.6) is 0 Å². The van der Waals surface area contributed by atoms with Crippen molar-refractivity contribution in [3.63, 3.8) is 0 Å². The Balaban J connectivity index is 1.51. The van der Waals surface area contributed by atoms with E-state index in [4.69, 9.17) is 21.3 Å². The molecule has 1 spiro atoms. The van der Waals surface area contributed by atoms with E-state index in [1.165, 1.54) is 6.07 Å². The molecule has 12 heteroatoms. The molecular weight excluding hydrogens is 512 g/mol. The largest absolute Gasteiger partial charge is 0.476 e. The summed E-state index contributed by atoms with van der Waals surface area (Å²) in [5.41, 5.74) is 1.62. The monoisotopic (exact) mass is 540 g/mol. The summed E-state index contributed by atoms with van der Waals surface area (Å²) in [7, 11) is 3.44. The van der Waals surface area contributed by atoms with Crippen LogP contribution in [-0.4, -0.2) is 68.9 Å². The minimum absolute atomic E-state index is 0.0822. The Morgan fingerprint density at radius 2 is 1.89 bits per heavy atom. The molecule has 0 bridgehead atoms. The van der Waals surface area contributed by atoms with Gasteiger partial charge in [-0.05, 0) is 37.6 Å². The van der Waals surface area contributed by atoms with Crippen LogP contribution < -0.4 is 15.8 Å². The SMILES string of the molecule is Cc1cc([C@@H](C)Nc2ccc(Cl)nc2C(=O)O)c2nc(N3CCC4(CC3)CN(C)C(=O)O4)n(C)c(=O)c2c1. The number of aryl methyl sites for hydroxylation is 1. The van der Waals surface area contributed by atoms with Crippen LogP contribution in [0.3, 0.4) is 0 Å². The van der Waals surface area contributed by atoms with E-state index in [1.54, 1.807) is 29.6 Å². The van der Waals surface area contributed by atoms with Crippen molar-refractivity contribution in [2.45, 2.75) is 38.3 Å². The van der Waals surface area contributed by atoms with Crippen LogP contribution in [0.1, 0.15) is 47.4 Å². The summed E-state index contributed by atoms with van der Waals surface area (Å²) in [5, 5.41) is 13.4. The second-order valence-electron chi connectivity index (χ2n) is 10.1. The number of nitrogens with one attached hydrogen (secondary N) is 1. The first-order valence-corrected chi connectivity index (χ1v) is 12.7. The van der Waals surface area contributed by atoms with E-state index in [0.29, 0.717) is 55.0 Å². The summed E-state index contributed by atoms with van der Waals surface area (Å²) >= 11 is 5.91. The fraction of sp³-hybridized carbons (Fsp3) is 0.423. The third kappa shape index (κ3) is 4.51. The van der Waals surface area contributed by atoms with Gasteiger partial charge in [0.25, 0.3) is 5.56 Å².